The zero-order chi connectivity index (χ0) is 13.2. The first kappa shape index (κ1) is 13.1. The molecule has 1 fully saturated rings. The number of hydrogen-bond donors (Lipinski definition) is 1. The second kappa shape index (κ2) is 5.14. The molecular formula is C13H15ClFNO2. The summed E-state index contributed by atoms with van der Waals surface area (Å²) in [5.41, 5.74) is -0.0284. The van der Waals surface area contributed by atoms with Crippen LogP contribution in [0.5, 0.6) is 5.75 Å². The predicted octanol–water partition coefficient (Wildman–Crippen LogP) is 2.73. The summed E-state index contributed by atoms with van der Waals surface area (Å²) in [6.07, 6.45) is 2.81. The Bertz CT molecular complexity index is 455. The molecule has 5 heteroatoms. The lowest BCUT2D eigenvalue weighted by molar-refractivity contribution is 0.0853. The standard InChI is InChI=1S/C13H15ClFNO2/c1-18-11-4-3-9(7-10(11)15)12(17)16-13(8-14)5-2-6-13/h3-4,7H,2,5-6,8H2,1H3,(H,16,17). The van der Waals surface area contributed by atoms with Crippen LogP contribution >= 0.6 is 11.6 Å². The van der Waals surface area contributed by atoms with Crippen LogP contribution in [0.1, 0.15) is 29.6 Å². The van der Waals surface area contributed by atoms with Gasteiger partial charge >= 0.3 is 0 Å². The second-order valence-electron chi connectivity index (χ2n) is 4.57. The maximum absolute atomic E-state index is 13.5. The van der Waals surface area contributed by atoms with E-state index in [0.717, 1.165) is 19.3 Å². The van der Waals surface area contributed by atoms with Crippen LogP contribution in [-0.4, -0.2) is 24.4 Å². The van der Waals surface area contributed by atoms with Crippen molar-refractivity contribution in [2.45, 2.75) is 24.8 Å². The highest BCUT2D eigenvalue weighted by Crippen LogP contribution is 2.33. The number of nitrogens with one attached hydrogen (secondary N) is 1. The van der Waals surface area contributed by atoms with Crippen molar-refractivity contribution in [3.63, 3.8) is 0 Å². The number of amides is 1. The highest BCUT2D eigenvalue weighted by molar-refractivity contribution is 6.19. The van der Waals surface area contributed by atoms with Crippen LogP contribution in [-0.2, 0) is 0 Å². The first-order chi connectivity index (χ1) is 8.60. The van der Waals surface area contributed by atoms with E-state index < -0.39 is 5.82 Å². The Morgan fingerprint density at radius 1 is 1.56 bits per heavy atom. The number of hydrogen-bond acceptors (Lipinski definition) is 2. The molecule has 1 aromatic carbocycles. The lowest BCUT2D eigenvalue weighted by Gasteiger charge is -2.41. The molecule has 1 aliphatic rings. The van der Waals surface area contributed by atoms with Gasteiger partial charge in [-0.15, -0.1) is 11.6 Å². The number of carbonyl (C=O) groups excluding carboxylic acids is 1. The van der Waals surface area contributed by atoms with Crippen molar-refractivity contribution in [2.75, 3.05) is 13.0 Å². The molecule has 98 valence electrons. The zero-order valence-corrected chi connectivity index (χ0v) is 10.9. The number of rotatable bonds is 4. The molecule has 1 saturated carbocycles. The Balaban J connectivity index is 2.11. The van der Waals surface area contributed by atoms with Gasteiger partial charge in [0, 0.05) is 11.4 Å². The number of benzene rings is 1. The van der Waals surface area contributed by atoms with Gasteiger partial charge in [0.05, 0.1) is 12.6 Å². The van der Waals surface area contributed by atoms with Crippen molar-refractivity contribution in [3.8, 4) is 5.75 Å². The van der Waals surface area contributed by atoms with Crippen LogP contribution in [0.4, 0.5) is 4.39 Å². The maximum atomic E-state index is 13.5. The van der Waals surface area contributed by atoms with Gasteiger partial charge in [-0.1, -0.05) is 0 Å². The summed E-state index contributed by atoms with van der Waals surface area (Å²) in [4.78, 5) is 12.0. The van der Waals surface area contributed by atoms with E-state index in [1.54, 1.807) is 0 Å². The Morgan fingerprint density at radius 2 is 2.28 bits per heavy atom. The molecule has 0 heterocycles. The van der Waals surface area contributed by atoms with Crippen LogP contribution in [0.2, 0.25) is 0 Å². The molecule has 0 saturated heterocycles. The van der Waals surface area contributed by atoms with Gasteiger partial charge in [-0.25, -0.2) is 4.39 Å². The van der Waals surface area contributed by atoms with E-state index in [1.165, 1.54) is 25.3 Å². The van der Waals surface area contributed by atoms with Gasteiger partial charge in [0.1, 0.15) is 0 Å². The molecule has 0 aliphatic heterocycles. The van der Waals surface area contributed by atoms with Gasteiger partial charge in [-0.2, -0.15) is 0 Å². The summed E-state index contributed by atoms with van der Waals surface area (Å²) in [5.74, 6) is -0.324. The number of alkyl halides is 1. The summed E-state index contributed by atoms with van der Waals surface area (Å²) >= 11 is 5.86. The number of halogens is 2. The van der Waals surface area contributed by atoms with Crippen LogP contribution in [0, 0.1) is 5.82 Å². The average Bonchev–Trinajstić information content (AvgIpc) is 2.33. The summed E-state index contributed by atoms with van der Waals surface area (Å²) < 4.78 is 18.3. The molecule has 0 spiro atoms. The van der Waals surface area contributed by atoms with Crippen molar-refractivity contribution >= 4 is 17.5 Å². The molecule has 1 amide bonds. The van der Waals surface area contributed by atoms with Crippen molar-refractivity contribution in [1.82, 2.24) is 5.32 Å². The Morgan fingerprint density at radius 3 is 2.72 bits per heavy atom. The van der Waals surface area contributed by atoms with Crippen LogP contribution in [0.3, 0.4) is 0 Å². The first-order valence-corrected chi connectivity index (χ1v) is 6.36. The SMILES string of the molecule is COc1ccc(C(=O)NC2(CCl)CCC2)cc1F. The normalized spacial score (nSPS) is 16.8. The number of carbonyl (C=O) groups is 1. The Labute approximate surface area is 110 Å². The van der Waals surface area contributed by atoms with Crippen molar-refractivity contribution < 1.29 is 13.9 Å². The number of methoxy groups -OCH3 is 1. The lowest BCUT2D eigenvalue weighted by atomic mass is 9.78. The molecule has 2 rings (SSSR count). The van der Waals surface area contributed by atoms with Gasteiger partial charge in [0.25, 0.3) is 5.91 Å². The third-order valence-electron chi connectivity index (χ3n) is 3.36. The fourth-order valence-electron chi connectivity index (χ4n) is 2.02. The molecule has 0 bridgehead atoms. The zero-order valence-electron chi connectivity index (χ0n) is 10.1. The average molecular weight is 272 g/mol. The van der Waals surface area contributed by atoms with Gasteiger partial charge in [0.15, 0.2) is 11.6 Å². The van der Waals surface area contributed by atoms with Crippen molar-refractivity contribution in [3.05, 3.63) is 29.6 Å². The van der Waals surface area contributed by atoms with E-state index >= 15 is 0 Å². The molecule has 0 aromatic heterocycles. The van der Waals surface area contributed by atoms with Crippen molar-refractivity contribution in [1.29, 1.82) is 0 Å². The molecule has 0 radical (unpaired) electrons. The quantitative estimate of drug-likeness (QED) is 0.855. The largest absolute Gasteiger partial charge is 0.494 e. The van der Waals surface area contributed by atoms with Crippen molar-refractivity contribution in [2.24, 2.45) is 0 Å². The third-order valence-corrected chi connectivity index (χ3v) is 3.87. The highest BCUT2D eigenvalue weighted by atomic mass is 35.5. The maximum Gasteiger partial charge on any atom is 0.251 e. The van der Waals surface area contributed by atoms with E-state index in [0.29, 0.717) is 5.88 Å². The van der Waals surface area contributed by atoms with E-state index in [2.05, 4.69) is 5.32 Å². The molecule has 0 unspecified atom stereocenters. The fraction of sp³-hybridized carbons (Fsp3) is 0.462. The second-order valence-corrected chi connectivity index (χ2v) is 4.84. The number of ether oxygens (including phenoxy) is 1. The molecule has 3 nitrogen and oxygen atoms in total. The van der Waals surface area contributed by atoms with E-state index in [1.807, 2.05) is 0 Å². The minimum Gasteiger partial charge on any atom is -0.494 e. The van der Waals surface area contributed by atoms with Crippen LogP contribution in [0.15, 0.2) is 18.2 Å². The Hall–Kier alpha value is -1.29. The molecule has 1 aromatic rings. The Kier molecular flexibility index (Phi) is 3.76. The van der Waals surface area contributed by atoms with E-state index in [-0.39, 0.29) is 22.8 Å². The van der Waals surface area contributed by atoms with Gasteiger partial charge in [-0.3, -0.25) is 4.79 Å². The van der Waals surface area contributed by atoms with E-state index in [4.69, 9.17) is 16.3 Å². The minimum atomic E-state index is -0.543. The minimum absolute atomic E-state index is 0.127. The molecule has 0 atom stereocenters. The summed E-state index contributed by atoms with van der Waals surface area (Å²) in [5, 5.41) is 2.88. The monoisotopic (exact) mass is 271 g/mol. The predicted molar refractivity (Wildman–Crippen MR) is 67.7 cm³/mol. The van der Waals surface area contributed by atoms with Gasteiger partial charge in [0.2, 0.25) is 0 Å². The summed E-state index contributed by atoms with van der Waals surface area (Å²) in [7, 11) is 1.38. The summed E-state index contributed by atoms with van der Waals surface area (Å²) in [6, 6.07) is 4.16. The van der Waals surface area contributed by atoms with Gasteiger partial charge < -0.3 is 10.1 Å². The molecule has 1 N–H and O–H groups in total. The van der Waals surface area contributed by atoms with E-state index in [9.17, 15) is 9.18 Å². The van der Waals surface area contributed by atoms with Gasteiger partial charge in [-0.05, 0) is 37.5 Å². The third kappa shape index (κ3) is 2.43. The highest BCUT2D eigenvalue weighted by Gasteiger charge is 2.37. The lowest BCUT2D eigenvalue weighted by Crippen LogP contribution is -2.55. The first-order valence-electron chi connectivity index (χ1n) is 5.82. The molecular weight excluding hydrogens is 257 g/mol. The van der Waals surface area contributed by atoms with Crippen LogP contribution < -0.4 is 10.1 Å². The fourth-order valence-corrected chi connectivity index (χ4v) is 2.35. The van der Waals surface area contributed by atoms with Crippen LogP contribution in [0.25, 0.3) is 0 Å². The molecule has 1 aliphatic carbocycles. The molecule has 18 heavy (non-hydrogen) atoms. The smallest absolute Gasteiger partial charge is 0.251 e. The summed E-state index contributed by atoms with van der Waals surface area (Å²) in [6.45, 7) is 0. The topological polar surface area (TPSA) is 38.3 Å².